The quantitative estimate of drug-likeness (QED) is 0.573. The predicted molar refractivity (Wildman–Crippen MR) is 47.8 cm³/mol. The van der Waals surface area contributed by atoms with E-state index < -0.39 is 11.2 Å². The summed E-state index contributed by atoms with van der Waals surface area (Å²) in [6.07, 6.45) is 0. The second-order valence-electron chi connectivity index (χ2n) is 2.87. The Morgan fingerprint density at radius 2 is 1.92 bits per heavy atom. The number of aromatic nitrogens is 2. The molecule has 1 heterocycles. The van der Waals surface area contributed by atoms with Gasteiger partial charge in [0.2, 0.25) is 5.88 Å². The first-order valence-corrected chi connectivity index (χ1v) is 3.67. The standard InChI is InChI=1S/C7H11N3O3/c1-4-5(11)8-7(13)10(6(4)12)9(2)3/h12H,1-3H3,(H,8,11,13). The number of aromatic hydroxyl groups is 1. The van der Waals surface area contributed by atoms with Crippen LogP contribution in [0.3, 0.4) is 0 Å². The summed E-state index contributed by atoms with van der Waals surface area (Å²) >= 11 is 0. The number of aromatic amines is 1. The third-order valence-electron chi connectivity index (χ3n) is 1.69. The molecule has 6 heteroatoms. The summed E-state index contributed by atoms with van der Waals surface area (Å²) in [5, 5.41) is 10.8. The third kappa shape index (κ3) is 1.42. The van der Waals surface area contributed by atoms with Crippen LogP contribution in [0.2, 0.25) is 0 Å². The van der Waals surface area contributed by atoms with E-state index in [-0.39, 0.29) is 11.4 Å². The molecule has 0 bridgehead atoms. The van der Waals surface area contributed by atoms with Gasteiger partial charge in [-0.3, -0.25) is 9.78 Å². The smallest absolute Gasteiger partial charge is 0.350 e. The molecule has 0 fully saturated rings. The van der Waals surface area contributed by atoms with Crippen molar-refractivity contribution in [3.05, 3.63) is 26.4 Å². The van der Waals surface area contributed by atoms with Crippen molar-refractivity contribution in [2.75, 3.05) is 19.1 Å². The predicted octanol–water partition coefficient (Wildman–Crippen LogP) is -1.25. The van der Waals surface area contributed by atoms with E-state index in [0.717, 1.165) is 4.68 Å². The van der Waals surface area contributed by atoms with Gasteiger partial charge in [-0.2, -0.15) is 4.68 Å². The second-order valence-corrected chi connectivity index (χ2v) is 2.87. The van der Waals surface area contributed by atoms with Crippen LogP contribution >= 0.6 is 0 Å². The molecule has 0 amide bonds. The molecule has 0 atom stereocenters. The minimum absolute atomic E-state index is 0.119. The zero-order chi connectivity index (χ0) is 10.2. The summed E-state index contributed by atoms with van der Waals surface area (Å²) in [6.45, 7) is 1.44. The first-order chi connectivity index (χ1) is 5.95. The lowest BCUT2D eigenvalue weighted by molar-refractivity contribution is 0.399. The number of rotatable bonds is 1. The maximum Gasteiger partial charge on any atom is 0.350 e. The van der Waals surface area contributed by atoms with Gasteiger partial charge >= 0.3 is 5.69 Å². The number of H-pyrrole nitrogens is 1. The van der Waals surface area contributed by atoms with E-state index in [1.807, 2.05) is 0 Å². The molecular weight excluding hydrogens is 174 g/mol. The maximum atomic E-state index is 11.2. The molecule has 1 aromatic rings. The fourth-order valence-electron chi connectivity index (χ4n) is 0.971. The van der Waals surface area contributed by atoms with Crippen LogP contribution in [0.4, 0.5) is 0 Å². The summed E-state index contributed by atoms with van der Waals surface area (Å²) in [6, 6.07) is 0. The summed E-state index contributed by atoms with van der Waals surface area (Å²) < 4.78 is 0.969. The van der Waals surface area contributed by atoms with E-state index in [0.29, 0.717) is 0 Å². The van der Waals surface area contributed by atoms with Gasteiger partial charge in [0.05, 0.1) is 5.56 Å². The minimum Gasteiger partial charge on any atom is -0.493 e. The van der Waals surface area contributed by atoms with Gasteiger partial charge in [-0.15, -0.1) is 0 Å². The van der Waals surface area contributed by atoms with Gasteiger partial charge in [0, 0.05) is 14.1 Å². The summed E-state index contributed by atoms with van der Waals surface area (Å²) in [7, 11) is 3.16. The van der Waals surface area contributed by atoms with Crippen molar-refractivity contribution in [3.8, 4) is 5.88 Å². The molecule has 6 nitrogen and oxygen atoms in total. The molecule has 0 unspecified atom stereocenters. The van der Waals surface area contributed by atoms with Crippen LogP contribution in [0.5, 0.6) is 5.88 Å². The normalized spacial score (nSPS) is 10.1. The van der Waals surface area contributed by atoms with Gasteiger partial charge in [0.1, 0.15) is 0 Å². The molecule has 0 radical (unpaired) electrons. The lowest BCUT2D eigenvalue weighted by Crippen LogP contribution is -2.41. The zero-order valence-corrected chi connectivity index (χ0v) is 7.66. The lowest BCUT2D eigenvalue weighted by atomic mass is 10.4. The third-order valence-corrected chi connectivity index (χ3v) is 1.69. The summed E-state index contributed by atoms with van der Waals surface area (Å²) in [5.41, 5.74) is -1.10. The molecule has 2 N–H and O–H groups in total. The Balaban J connectivity index is 3.63. The van der Waals surface area contributed by atoms with Crippen molar-refractivity contribution in [1.82, 2.24) is 9.66 Å². The highest BCUT2D eigenvalue weighted by molar-refractivity contribution is 5.21. The van der Waals surface area contributed by atoms with Crippen LogP contribution in [0.15, 0.2) is 9.59 Å². The highest BCUT2D eigenvalue weighted by Crippen LogP contribution is 2.06. The molecule has 0 saturated heterocycles. The van der Waals surface area contributed by atoms with Gasteiger partial charge < -0.3 is 10.1 Å². The topological polar surface area (TPSA) is 78.3 Å². The van der Waals surface area contributed by atoms with E-state index in [2.05, 4.69) is 4.98 Å². The van der Waals surface area contributed by atoms with E-state index in [4.69, 9.17) is 0 Å². The zero-order valence-electron chi connectivity index (χ0n) is 7.66. The largest absolute Gasteiger partial charge is 0.493 e. The van der Waals surface area contributed by atoms with Gasteiger partial charge in [-0.05, 0) is 6.92 Å². The van der Waals surface area contributed by atoms with Crippen molar-refractivity contribution in [1.29, 1.82) is 0 Å². The average molecular weight is 185 g/mol. The highest BCUT2D eigenvalue weighted by Gasteiger charge is 2.10. The Morgan fingerprint density at radius 1 is 1.38 bits per heavy atom. The van der Waals surface area contributed by atoms with E-state index >= 15 is 0 Å². The van der Waals surface area contributed by atoms with Crippen molar-refractivity contribution in [2.24, 2.45) is 0 Å². The Kier molecular flexibility index (Phi) is 2.14. The van der Waals surface area contributed by atoms with Crippen LogP contribution in [0, 0.1) is 6.92 Å². The molecule has 72 valence electrons. The Morgan fingerprint density at radius 3 is 2.38 bits per heavy atom. The van der Waals surface area contributed by atoms with E-state index in [1.54, 1.807) is 14.1 Å². The SMILES string of the molecule is Cc1c(O)n(N(C)C)c(=O)[nH]c1=O. The van der Waals surface area contributed by atoms with Gasteiger partial charge in [-0.1, -0.05) is 0 Å². The molecule has 0 aliphatic heterocycles. The van der Waals surface area contributed by atoms with Crippen molar-refractivity contribution < 1.29 is 5.11 Å². The van der Waals surface area contributed by atoms with Crippen LogP contribution in [-0.4, -0.2) is 28.9 Å². The molecule has 0 aliphatic carbocycles. The molecule has 13 heavy (non-hydrogen) atoms. The van der Waals surface area contributed by atoms with E-state index in [1.165, 1.54) is 11.9 Å². The van der Waals surface area contributed by atoms with Crippen LogP contribution < -0.4 is 16.3 Å². The number of nitrogens with zero attached hydrogens (tertiary/aromatic N) is 2. The lowest BCUT2D eigenvalue weighted by Gasteiger charge is -2.16. The number of hydrogen-bond donors (Lipinski definition) is 2. The van der Waals surface area contributed by atoms with Crippen molar-refractivity contribution >= 4 is 0 Å². The van der Waals surface area contributed by atoms with E-state index in [9.17, 15) is 14.7 Å². The molecule has 1 aromatic heterocycles. The van der Waals surface area contributed by atoms with Crippen LogP contribution in [-0.2, 0) is 0 Å². The van der Waals surface area contributed by atoms with Crippen molar-refractivity contribution in [3.63, 3.8) is 0 Å². The number of nitrogens with one attached hydrogen (secondary N) is 1. The van der Waals surface area contributed by atoms with Gasteiger partial charge in [-0.25, -0.2) is 4.79 Å². The average Bonchev–Trinajstić information content (AvgIpc) is 1.99. The summed E-state index contributed by atoms with van der Waals surface area (Å²) in [4.78, 5) is 24.2. The fraction of sp³-hybridized carbons (Fsp3) is 0.429. The second kappa shape index (κ2) is 2.96. The maximum absolute atomic E-state index is 11.2. The first-order valence-electron chi connectivity index (χ1n) is 3.67. The minimum atomic E-state index is -0.655. The first kappa shape index (κ1) is 9.37. The molecule has 0 aliphatic rings. The Labute approximate surface area is 74.0 Å². The van der Waals surface area contributed by atoms with Crippen LogP contribution in [0.25, 0.3) is 0 Å². The van der Waals surface area contributed by atoms with Crippen molar-refractivity contribution in [2.45, 2.75) is 6.92 Å². The highest BCUT2D eigenvalue weighted by atomic mass is 16.3. The molecule has 0 aromatic carbocycles. The monoisotopic (exact) mass is 185 g/mol. The number of hydrogen-bond acceptors (Lipinski definition) is 4. The molecule has 0 saturated carbocycles. The van der Waals surface area contributed by atoms with Gasteiger partial charge in [0.15, 0.2) is 0 Å². The Bertz CT molecular complexity index is 430. The van der Waals surface area contributed by atoms with Gasteiger partial charge in [0.25, 0.3) is 5.56 Å². The molecule has 0 spiro atoms. The summed E-state index contributed by atoms with van der Waals surface area (Å²) in [5.74, 6) is -0.334. The van der Waals surface area contributed by atoms with Crippen LogP contribution in [0.1, 0.15) is 5.56 Å². The molecular formula is C7H11N3O3. The fourth-order valence-corrected chi connectivity index (χ4v) is 0.971. The molecule has 1 rings (SSSR count). The Hall–Kier alpha value is -1.72.